The molecule has 0 aliphatic carbocycles. The predicted molar refractivity (Wildman–Crippen MR) is 94.4 cm³/mol. The zero-order valence-electron chi connectivity index (χ0n) is 14.2. The second-order valence-corrected chi connectivity index (χ2v) is 6.00. The van der Waals surface area contributed by atoms with Crippen LogP contribution in [0.3, 0.4) is 0 Å². The third-order valence-corrected chi connectivity index (χ3v) is 3.94. The third kappa shape index (κ3) is 4.60. The second-order valence-electron chi connectivity index (χ2n) is 6.00. The van der Waals surface area contributed by atoms with Gasteiger partial charge in [0, 0.05) is 12.6 Å². The van der Waals surface area contributed by atoms with Crippen LogP contribution in [0.15, 0.2) is 48.7 Å². The zero-order chi connectivity index (χ0) is 19.4. The van der Waals surface area contributed by atoms with Crippen LogP contribution in [0.25, 0.3) is 11.0 Å². The predicted octanol–water partition coefficient (Wildman–Crippen LogP) is 1.66. The number of para-hydroxylation sites is 2. The van der Waals surface area contributed by atoms with Crippen LogP contribution < -0.4 is 11.1 Å². The lowest BCUT2D eigenvalue weighted by Crippen LogP contribution is -2.46. The molecule has 0 fully saturated rings. The van der Waals surface area contributed by atoms with Crippen molar-refractivity contribution in [1.29, 1.82) is 0 Å². The summed E-state index contributed by atoms with van der Waals surface area (Å²) in [5.41, 5.74) is 7.51. The maximum atomic E-state index is 13.2. The Morgan fingerprint density at radius 3 is 2.52 bits per heavy atom. The number of carbonyl (C=O) groups is 2. The summed E-state index contributed by atoms with van der Waals surface area (Å²) in [5.74, 6) is -3.32. The van der Waals surface area contributed by atoms with Crippen molar-refractivity contribution in [3.8, 4) is 0 Å². The molecule has 2 aromatic carbocycles. The van der Waals surface area contributed by atoms with Crippen LogP contribution in [0.4, 0.5) is 8.78 Å². The molecule has 3 N–H and O–H groups in total. The molecular formula is C19H16F2N4O2. The lowest BCUT2D eigenvalue weighted by atomic mass is 10.1. The van der Waals surface area contributed by atoms with Crippen LogP contribution in [0.5, 0.6) is 0 Å². The van der Waals surface area contributed by atoms with E-state index in [9.17, 15) is 18.4 Å². The molecule has 0 aliphatic heterocycles. The van der Waals surface area contributed by atoms with Gasteiger partial charge in [-0.2, -0.15) is 0 Å². The molecule has 2 amide bonds. The summed E-state index contributed by atoms with van der Waals surface area (Å²) in [5, 5.41) is 2.50. The Hall–Kier alpha value is -3.42. The van der Waals surface area contributed by atoms with Crippen molar-refractivity contribution in [2.24, 2.45) is 5.73 Å². The highest BCUT2D eigenvalue weighted by Crippen LogP contribution is 2.11. The molecule has 0 spiro atoms. The van der Waals surface area contributed by atoms with E-state index in [1.165, 1.54) is 12.3 Å². The highest BCUT2D eigenvalue weighted by Gasteiger charge is 2.20. The van der Waals surface area contributed by atoms with E-state index in [2.05, 4.69) is 15.3 Å². The van der Waals surface area contributed by atoms with Crippen LogP contribution in [-0.4, -0.2) is 27.8 Å². The number of benzene rings is 2. The molecular weight excluding hydrogens is 354 g/mol. The van der Waals surface area contributed by atoms with Gasteiger partial charge in [0.25, 0.3) is 0 Å². The number of carbonyl (C=O) groups excluding carboxylic acids is 2. The number of nitrogens with two attached hydrogens (primary N) is 1. The highest BCUT2D eigenvalue weighted by atomic mass is 19.2. The van der Waals surface area contributed by atoms with Gasteiger partial charge in [-0.05, 0) is 29.8 Å². The van der Waals surface area contributed by atoms with Gasteiger partial charge in [-0.25, -0.2) is 13.8 Å². The third-order valence-electron chi connectivity index (χ3n) is 3.94. The molecule has 1 heterocycles. The highest BCUT2D eigenvalue weighted by molar-refractivity contribution is 5.87. The van der Waals surface area contributed by atoms with Crippen LogP contribution in [-0.2, 0) is 22.4 Å². The van der Waals surface area contributed by atoms with E-state index in [0.717, 1.165) is 12.1 Å². The van der Waals surface area contributed by atoms with Crippen LogP contribution in [0.2, 0.25) is 0 Å². The number of hydrogen-bond donors (Lipinski definition) is 2. The van der Waals surface area contributed by atoms with Crippen molar-refractivity contribution in [2.75, 3.05) is 0 Å². The van der Waals surface area contributed by atoms with E-state index >= 15 is 0 Å². The topological polar surface area (TPSA) is 98.0 Å². The van der Waals surface area contributed by atoms with Crippen LogP contribution in [0, 0.1) is 11.6 Å². The van der Waals surface area contributed by atoms with Gasteiger partial charge in [0.2, 0.25) is 11.8 Å². The summed E-state index contributed by atoms with van der Waals surface area (Å²) in [6.07, 6.45) is 1.36. The number of fused-ring (bicyclic) bond motifs is 1. The molecule has 138 valence electrons. The van der Waals surface area contributed by atoms with E-state index in [1.807, 2.05) is 12.1 Å². The Morgan fingerprint density at radius 2 is 1.81 bits per heavy atom. The molecule has 3 aromatic rings. The molecule has 6 nitrogen and oxygen atoms in total. The number of amides is 2. The van der Waals surface area contributed by atoms with Crippen LogP contribution >= 0.6 is 0 Å². The zero-order valence-corrected chi connectivity index (χ0v) is 14.2. The molecule has 0 unspecified atom stereocenters. The Bertz CT molecular complexity index is 1010. The summed E-state index contributed by atoms with van der Waals surface area (Å²) in [7, 11) is 0. The number of nitrogens with one attached hydrogen (secondary N) is 1. The first-order chi connectivity index (χ1) is 12.9. The molecule has 1 aromatic heterocycles. The molecule has 3 rings (SSSR count). The average molecular weight is 370 g/mol. The maximum absolute atomic E-state index is 13.2. The van der Waals surface area contributed by atoms with Crippen molar-refractivity contribution in [2.45, 2.75) is 18.9 Å². The average Bonchev–Trinajstić information content (AvgIpc) is 2.64. The lowest BCUT2D eigenvalue weighted by Gasteiger charge is -2.15. The molecule has 0 saturated carbocycles. The summed E-state index contributed by atoms with van der Waals surface area (Å²) in [6.45, 7) is 0. The quantitative estimate of drug-likeness (QED) is 0.690. The standard InChI is InChI=1S/C19H16F2N4O2/c20-13-6-5-11(7-14(13)21)8-18(26)25-17(19(22)27)9-12-10-23-15-3-1-2-4-16(15)24-12/h1-7,10,17H,8-9H2,(H2,22,27)(H,25,26)/t17-/m1/s1. The van der Waals surface area contributed by atoms with E-state index in [-0.39, 0.29) is 18.4 Å². The molecule has 8 heteroatoms. The van der Waals surface area contributed by atoms with Crippen molar-refractivity contribution in [3.63, 3.8) is 0 Å². The normalized spacial score (nSPS) is 11.9. The molecule has 0 aliphatic rings. The number of halogens is 2. The second kappa shape index (κ2) is 7.86. The van der Waals surface area contributed by atoms with Gasteiger partial charge >= 0.3 is 0 Å². The van der Waals surface area contributed by atoms with Gasteiger partial charge in [0.05, 0.1) is 23.1 Å². The summed E-state index contributed by atoms with van der Waals surface area (Å²) < 4.78 is 26.2. The minimum atomic E-state index is -1.04. The van der Waals surface area contributed by atoms with Crippen LogP contribution in [0.1, 0.15) is 11.3 Å². The Kier molecular flexibility index (Phi) is 5.35. The van der Waals surface area contributed by atoms with Crippen molar-refractivity contribution in [1.82, 2.24) is 15.3 Å². The first kappa shape index (κ1) is 18.4. The van der Waals surface area contributed by atoms with Crippen molar-refractivity contribution < 1.29 is 18.4 Å². The first-order valence-electron chi connectivity index (χ1n) is 8.15. The van der Waals surface area contributed by atoms with Gasteiger partial charge in [-0.3, -0.25) is 14.6 Å². The number of rotatable bonds is 6. The molecule has 27 heavy (non-hydrogen) atoms. The van der Waals surface area contributed by atoms with Gasteiger partial charge in [-0.15, -0.1) is 0 Å². The fraction of sp³-hybridized carbons (Fsp3) is 0.158. The molecule has 1 atom stereocenters. The Morgan fingerprint density at radius 1 is 1.07 bits per heavy atom. The number of nitrogens with zero attached hydrogens (tertiary/aromatic N) is 2. The molecule has 0 saturated heterocycles. The molecule has 0 radical (unpaired) electrons. The number of aromatic nitrogens is 2. The lowest BCUT2D eigenvalue weighted by molar-refractivity contribution is -0.127. The van der Waals surface area contributed by atoms with Crippen molar-refractivity contribution >= 4 is 22.8 Å². The summed E-state index contributed by atoms with van der Waals surface area (Å²) >= 11 is 0. The van der Waals surface area contributed by atoms with E-state index in [4.69, 9.17) is 5.73 Å². The first-order valence-corrected chi connectivity index (χ1v) is 8.15. The smallest absolute Gasteiger partial charge is 0.240 e. The van der Waals surface area contributed by atoms with Gasteiger partial charge in [0.15, 0.2) is 11.6 Å². The monoisotopic (exact) mass is 370 g/mol. The fourth-order valence-electron chi connectivity index (χ4n) is 2.61. The van der Waals surface area contributed by atoms with E-state index in [1.54, 1.807) is 12.1 Å². The fourth-order valence-corrected chi connectivity index (χ4v) is 2.61. The maximum Gasteiger partial charge on any atom is 0.240 e. The number of hydrogen-bond acceptors (Lipinski definition) is 4. The Balaban J connectivity index is 1.69. The van der Waals surface area contributed by atoms with E-state index in [0.29, 0.717) is 16.7 Å². The van der Waals surface area contributed by atoms with Gasteiger partial charge < -0.3 is 11.1 Å². The minimum absolute atomic E-state index is 0.0662. The minimum Gasteiger partial charge on any atom is -0.368 e. The van der Waals surface area contributed by atoms with Gasteiger partial charge in [-0.1, -0.05) is 18.2 Å². The largest absolute Gasteiger partial charge is 0.368 e. The van der Waals surface area contributed by atoms with Gasteiger partial charge in [0.1, 0.15) is 6.04 Å². The van der Waals surface area contributed by atoms with Crippen molar-refractivity contribution in [3.05, 3.63) is 71.6 Å². The summed E-state index contributed by atoms with van der Waals surface area (Å²) in [4.78, 5) is 32.5. The molecule has 0 bridgehead atoms. The summed E-state index contributed by atoms with van der Waals surface area (Å²) in [6, 6.07) is 9.41. The SMILES string of the molecule is NC(=O)[C@@H](Cc1cnc2ccccc2n1)NC(=O)Cc1ccc(F)c(F)c1. The Labute approximate surface area is 153 Å². The van der Waals surface area contributed by atoms with E-state index < -0.39 is 29.5 Å². The number of primary amides is 1.